The van der Waals surface area contributed by atoms with Gasteiger partial charge in [-0.05, 0) is 61.3 Å². The molecular weight excluding hydrogens is 322 g/mol. The number of carbonyl (C=O) groups is 1. The summed E-state index contributed by atoms with van der Waals surface area (Å²) in [6, 6.07) is 6.40. The molecule has 2 saturated heterocycles. The molecule has 0 bridgehead atoms. The summed E-state index contributed by atoms with van der Waals surface area (Å²) in [7, 11) is 1.61. The van der Waals surface area contributed by atoms with Gasteiger partial charge in [-0.15, -0.1) is 0 Å². The van der Waals surface area contributed by atoms with Crippen LogP contribution in [-0.2, 0) is 9.53 Å². The summed E-state index contributed by atoms with van der Waals surface area (Å²) < 4.78 is 5.03. The fourth-order valence-electron chi connectivity index (χ4n) is 3.11. The highest BCUT2D eigenvalue weighted by atomic mass is 32.1. The third kappa shape index (κ3) is 3.44. The molecule has 1 aromatic carbocycles. The van der Waals surface area contributed by atoms with Crippen molar-refractivity contribution in [3.8, 4) is 0 Å². The molecule has 128 valence electrons. The molecule has 1 N–H and O–H groups in total. The standard InChI is InChI=1S/C18H23N3O2S/c1-13-11-15(20-7-3-4-8-20)6-5-14(13)12-16-17(22)21(9-10-23-2)18(24)19-16/h5-6,11-12H,3-4,7-10H2,1-2H3,(H,19,24)/b16-12-. The van der Waals surface area contributed by atoms with E-state index in [-0.39, 0.29) is 5.91 Å². The van der Waals surface area contributed by atoms with Gasteiger partial charge in [0.15, 0.2) is 5.11 Å². The number of aryl methyl sites for hydroxylation is 1. The second-order valence-electron chi connectivity index (χ2n) is 6.17. The van der Waals surface area contributed by atoms with Crippen molar-refractivity contribution in [3.05, 3.63) is 35.0 Å². The van der Waals surface area contributed by atoms with Gasteiger partial charge in [-0.1, -0.05) is 6.07 Å². The van der Waals surface area contributed by atoms with Crippen molar-refractivity contribution >= 4 is 35.0 Å². The predicted molar refractivity (Wildman–Crippen MR) is 99.9 cm³/mol. The Labute approximate surface area is 148 Å². The zero-order valence-corrected chi connectivity index (χ0v) is 15.0. The number of thiocarbonyl (C=S) groups is 1. The lowest BCUT2D eigenvalue weighted by Gasteiger charge is -2.18. The van der Waals surface area contributed by atoms with Crippen LogP contribution in [0.3, 0.4) is 0 Å². The molecule has 5 nitrogen and oxygen atoms in total. The lowest BCUT2D eigenvalue weighted by atomic mass is 10.1. The molecule has 0 radical (unpaired) electrons. The predicted octanol–water partition coefficient (Wildman–Crippen LogP) is 2.30. The molecule has 0 unspecified atom stereocenters. The van der Waals surface area contributed by atoms with E-state index in [9.17, 15) is 4.79 Å². The zero-order valence-electron chi connectivity index (χ0n) is 14.2. The first-order valence-electron chi connectivity index (χ1n) is 8.29. The normalized spacial score (nSPS) is 19.5. The third-order valence-corrected chi connectivity index (χ3v) is 4.83. The maximum Gasteiger partial charge on any atom is 0.276 e. The van der Waals surface area contributed by atoms with Gasteiger partial charge < -0.3 is 15.0 Å². The average Bonchev–Trinajstić information content (AvgIpc) is 3.18. The van der Waals surface area contributed by atoms with E-state index in [2.05, 4.69) is 35.3 Å². The molecule has 1 amide bonds. The van der Waals surface area contributed by atoms with Crippen LogP contribution in [0.25, 0.3) is 6.08 Å². The summed E-state index contributed by atoms with van der Waals surface area (Å²) in [5.74, 6) is -0.0972. The molecule has 0 aliphatic carbocycles. The highest BCUT2D eigenvalue weighted by Crippen LogP contribution is 2.25. The molecule has 2 fully saturated rings. The van der Waals surface area contributed by atoms with E-state index in [1.807, 2.05) is 6.08 Å². The van der Waals surface area contributed by atoms with Crippen LogP contribution >= 0.6 is 12.2 Å². The van der Waals surface area contributed by atoms with E-state index < -0.39 is 0 Å². The van der Waals surface area contributed by atoms with Crippen molar-refractivity contribution in [2.45, 2.75) is 19.8 Å². The number of nitrogens with zero attached hydrogens (tertiary/aromatic N) is 2. The van der Waals surface area contributed by atoms with Crippen LogP contribution < -0.4 is 10.2 Å². The van der Waals surface area contributed by atoms with Crippen LogP contribution in [0, 0.1) is 6.92 Å². The highest BCUT2D eigenvalue weighted by Gasteiger charge is 2.30. The van der Waals surface area contributed by atoms with Crippen molar-refractivity contribution < 1.29 is 9.53 Å². The van der Waals surface area contributed by atoms with Crippen molar-refractivity contribution in [3.63, 3.8) is 0 Å². The smallest absolute Gasteiger partial charge is 0.276 e. The van der Waals surface area contributed by atoms with Gasteiger partial charge >= 0.3 is 0 Å². The van der Waals surface area contributed by atoms with Crippen molar-refractivity contribution in [1.29, 1.82) is 0 Å². The molecular formula is C18H23N3O2S. The molecule has 2 aliphatic heterocycles. The Kier molecular flexibility index (Phi) is 5.16. The molecule has 2 aliphatic rings. The van der Waals surface area contributed by atoms with Gasteiger partial charge in [0.05, 0.1) is 13.2 Å². The first-order chi connectivity index (χ1) is 11.6. The monoisotopic (exact) mass is 345 g/mol. The Morgan fingerprint density at radius 1 is 1.33 bits per heavy atom. The molecule has 0 aromatic heterocycles. The first kappa shape index (κ1) is 16.9. The molecule has 6 heteroatoms. The second kappa shape index (κ2) is 7.32. The van der Waals surface area contributed by atoms with E-state index in [0.29, 0.717) is 24.0 Å². The molecule has 0 atom stereocenters. The number of anilines is 1. The summed E-state index contributed by atoms with van der Waals surface area (Å²) in [5.41, 5.74) is 3.97. The van der Waals surface area contributed by atoms with Crippen LogP contribution in [-0.4, -0.2) is 49.3 Å². The van der Waals surface area contributed by atoms with E-state index in [4.69, 9.17) is 17.0 Å². The summed E-state index contributed by atoms with van der Waals surface area (Å²) in [5, 5.41) is 3.45. The van der Waals surface area contributed by atoms with E-state index in [1.54, 1.807) is 12.0 Å². The van der Waals surface area contributed by atoms with Crippen molar-refractivity contribution in [1.82, 2.24) is 10.2 Å². The minimum atomic E-state index is -0.0972. The average molecular weight is 345 g/mol. The van der Waals surface area contributed by atoms with Crippen LogP contribution in [0.4, 0.5) is 5.69 Å². The number of benzene rings is 1. The Hall–Kier alpha value is -1.92. The number of ether oxygens (including phenoxy) is 1. The van der Waals surface area contributed by atoms with Gasteiger partial charge in [-0.2, -0.15) is 0 Å². The van der Waals surface area contributed by atoms with Crippen LogP contribution in [0.1, 0.15) is 24.0 Å². The molecule has 1 aromatic rings. The van der Waals surface area contributed by atoms with E-state index >= 15 is 0 Å². The van der Waals surface area contributed by atoms with Crippen molar-refractivity contribution in [2.75, 3.05) is 38.3 Å². The fraction of sp³-hybridized carbons (Fsp3) is 0.444. The van der Waals surface area contributed by atoms with Gasteiger partial charge in [0, 0.05) is 25.9 Å². The number of methoxy groups -OCH3 is 1. The molecule has 24 heavy (non-hydrogen) atoms. The van der Waals surface area contributed by atoms with E-state index in [1.165, 1.54) is 18.5 Å². The van der Waals surface area contributed by atoms with Gasteiger partial charge in [-0.25, -0.2) is 0 Å². The fourth-order valence-corrected chi connectivity index (χ4v) is 3.39. The van der Waals surface area contributed by atoms with Crippen LogP contribution in [0.5, 0.6) is 0 Å². The number of hydrogen-bond donors (Lipinski definition) is 1. The molecule has 2 heterocycles. The quantitative estimate of drug-likeness (QED) is 0.655. The number of amides is 1. The Bertz CT molecular complexity index is 681. The summed E-state index contributed by atoms with van der Waals surface area (Å²) in [4.78, 5) is 16.4. The molecule has 0 spiro atoms. The zero-order chi connectivity index (χ0) is 17.1. The third-order valence-electron chi connectivity index (χ3n) is 4.51. The van der Waals surface area contributed by atoms with Gasteiger partial charge in [-0.3, -0.25) is 9.69 Å². The SMILES string of the molecule is COCCN1C(=O)/C(=C/c2ccc(N3CCCC3)cc2C)NC1=S. The van der Waals surface area contributed by atoms with E-state index in [0.717, 1.165) is 24.2 Å². The lowest BCUT2D eigenvalue weighted by molar-refractivity contribution is -0.122. The summed E-state index contributed by atoms with van der Waals surface area (Å²) in [6.07, 6.45) is 4.40. The topological polar surface area (TPSA) is 44.8 Å². The number of hydrogen-bond acceptors (Lipinski definition) is 4. The minimum absolute atomic E-state index is 0.0972. The molecule has 3 rings (SSSR count). The lowest BCUT2D eigenvalue weighted by Crippen LogP contribution is -2.33. The van der Waals surface area contributed by atoms with Gasteiger partial charge in [0.1, 0.15) is 5.70 Å². The Morgan fingerprint density at radius 3 is 2.75 bits per heavy atom. The molecule has 0 saturated carbocycles. The maximum atomic E-state index is 12.5. The van der Waals surface area contributed by atoms with Crippen LogP contribution in [0.2, 0.25) is 0 Å². The van der Waals surface area contributed by atoms with Gasteiger partial charge in [0.2, 0.25) is 0 Å². The van der Waals surface area contributed by atoms with Crippen LogP contribution in [0.15, 0.2) is 23.9 Å². The summed E-state index contributed by atoms with van der Waals surface area (Å²) >= 11 is 5.24. The number of nitrogens with one attached hydrogen (secondary N) is 1. The first-order valence-corrected chi connectivity index (χ1v) is 8.70. The Balaban J connectivity index is 1.78. The Morgan fingerprint density at radius 2 is 2.08 bits per heavy atom. The minimum Gasteiger partial charge on any atom is -0.383 e. The summed E-state index contributed by atoms with van der Waals surface area (Å²) in [6.45, 7) is 5.26. The second-order valence-corrected chi connectivity index (χ2v) is 6.56. The largest absolute Gasteiger partial charge is 0.383 e. The highest BCUT2D eigenvalue weighted by molar-refractivity contribution is 7.80. The van der Waals surface area contributed by atoms with Gasteiger partial charge in [0.25, 0.3) is 5.91 Å². The van der Waals surface area contributed by atoms with Crippen molar-refractivity contribution in [2.24, 2.45) is 0 Å². The maximum absolute atomic E-state index is 12.5. The number of carbonyl (C=O) groups excluding carboxylic acids is 1. The number of rotatable bonds is 5.